The maximum absolute atomic E-state index is 14.3. The van der Waals surface area contributed by atoms with Gasteiger partial charge in [0.15, 0.2) is 0 Å². The van der Waals surface area contributed by atoms with Gasteiger partial charge in [-0.25, -0.2) is 4.39 Å². The molecule has 0 N–H and O–H groups in total. The molecule has 3 heterocycles. The van der Waals surface area contributed by atoms with Crippen LogP contribution in [0, 0.1) is 28.5 Å². The van der Waals surface area contributed by atoms with E-state index in [0.717, 1.165) is 12.8 Å². The van der Waals surface area contributed by atoms with E-state index in [9.17, 15) is 19.2 Å². The molecule has 3 aliphatic rings. The Morgan fingerprint density at radius 3 is 2.56 bits per heavy atom. The predicted molar refractivity (Wildman–Crippen MR) is 127 cm³/mol. The number of rotatable bonds is 3. The van der Waals surface area contributed by atoms with Crippen LogP contribution in [0.5, 0.6) is 0 Å². The zero-order chi connectivity index (χ0) is 24.0. The lowest BCUT2D eigenvalue weighted by Gasteiger charge is -2.41. The second-order valence-corrected chi connectivity index (χ2v) is 10.2. The van der Waals surface area contributed by atoms with Crippen molar-refractivity contribution in [3.05, 3.63) is 35.8 Å². The Labute approximate surface area is 199 Å². The molecule has 1 aromatic carbocycles. The Morgan fingerprint density at radius 2 is 1.91 bits per heavy atom. The van der Waals surface area contributed by atoms with Crippen LogP contribution in [0.2, 0.25) is 0 Å². The second kappa shape index (κ2) is 8.53. The van der Waals surface area contributed by atoms with Crippen molar-refractivity contribution in [3.63, 3.8) is 0 Å². The number of nitrogens with zero attached hydrogens (tertiary/aromatic N) is 5. The molecular weight excluding hydrogens is 433 g/mol. The van der Waals surface area contributed by atoms with Crippen molar-refractivity contribution in [1.29, 1.82) is 5.26 Å². The summed E-state index contributed by atoms with van der Waals surface area (Å²) in [7, 11) is 0. The van der Waals surface area contributed by atoms with Gasteiger partial charge in [0.1, 0.15) is 5.82 Å². The topological polar surface area (TPSA) is 80.5 Å². The average Bonchev–Trinajstić information content (AvgIpc) is 3.69. The number of amides is 2. The SMILES string of the molecule is C[C@H]1CN(C(=O)c2cnc3ccc(F)cc3c2N2CCC(C)(C#N)CC2)CCN1C(=O)C1CC1. The summed E-state index contributed by atoms with van der Waals surface area (Å²) in [5.41, 5.74) is 1.38. The third-order valence-electron chi connectivity index (χ3n) is 7.61. The van der Waals surface area contributed by atoms with Crippen LogP contribution < -0.4 is 4.90 Å². The minimum absolute atomic E-state index is 0.0496. The molecule has 1 aromatic heterocycles. The molecular formula is C26H30FN5O2. The van der Waals surface area contributed by atoms with Gasteiger partial charge in [-0.2, -0.15) is 5.26 Å². The summed E-state index contributed by atoms with van der Waals surface area (Å²) < 4.78 is 14.3. The molecule has 1 aliphatic carbocycles. The van der Waals surface area contributed by atoms with Gasteiger partial charge >= 0.3 is 0 Å². The van der Waals surface area contributed by atoms with Crippen LogP contribution in [0.25, 0.3) is 10.9 Å². The first-order valence-electron chi connectivity index (χ1n) is 12.1. The second-order valence-electron chi connectivity index (χ2n) is 10.2. The van der Waals surface area contributed by atoms with Gasteiger partial charge in [0.05, 0.1) is 28.3 Å². The largest absolute Gasteiger partial charge is 0.370 e. The molecule has 178 valence electrons. The van der Waals surface area contributed by atoms with Crippen molar-refractivity contribution in [2.75, 3.05) is 37.6 Å². The molecule has 0 unspecified atom stereocenters. The molecule has 0 radical (unpaired) electrons. The standard InChI is InChI=1S/C26H30FN5O2/c1-17-15-31(11-12-32(17)24(33)18-3-4-18)25(34)21-14-29-22-6-5-19(27)13-20(22)23(21)30-9-7-26(2,16-28)8-10-30/h5-6,13-14,17-18H,3-4,7-12,15H2,1-2H3/t17-/m0/s1. The lowest BCUT2D eigenvalue weighted by molar-refractivity contribution is -0.136. The van der Waals surface area contributed by atoms with E-state index < -0.39 is 5.41 Å². The van der Waals surface area contributed by atoms with Crippen molar-refractivity contribution in [3.8, 4) is 6.07 Å². The quantitative estimate of drug-likeness (QED) is 0.695. The number of nitriles is 1. The fourth-order valence-corrected chi connectivity index (χ4v) is 5.19. The van der Waals surface area contributed by atoms with Crippen LogP contribution in [0.3, 0.4) is 0 Å². The minimum atomic E-state index is -0.394. The molecule has 2 aromatic rings. The molecule has 3 fully saturated rings. The third-order valence-corrected chi connectivity index (χ3v) is 7.61. The lowest BCUT2D eigenvalue weighted by Crippen LogP contribution is -2.56. The number of hydrogen-bond acceptors (Lipinski definition) is 5. The number of halogens is 1. The first-order valence-corrected chi connectivity index (χ1v) is 12.1. The van der Waals surface area contributed by atoms with Gasteiger partial charge < -0.3 is 14.7 Å². The predicted octanol–water partition coefficient (Wildman–Crippen LogP) is 3.59. The van der Waals surface area contributed by atoms with Gasteiger partial charge in [0.25, 0.3) is 5.91 Å². The summed E-state index contributed by atoms with van der Waals surface area (Å²) >= 11 is 0. The Balaban J connectivity index is 1.46. The van der Waals surface area contributed by atoms with Gasteiger partial charge in [0, 0.05) is 56.3 Å². The molecule has 1 saturated carbocycles. The Kier molecular flexibility index (Phi) is 5.67. The highest BCUT2D eigenvalue weighted by Gasteiger charge is 2.39. The van der Waals surface area contributed by atoms with E-state index in [1.807, 2.05) is 18.7 Å². The Hall–Kier alpha value is -3.21. The maximum atomic E-state index is 14.3. The first kappa shape index (κ1) is 22.6. The number of pyridine rings is 1. The fourth-order valence-electron chi connectivity index (χ4n) is 5.19. The number of benzene rings is 1. The first-order chi connectivity index (χ1) is 16.3. The Bertz CT molecular complexity index is 1180. The van der Waals surface area contributed by atoms with Gasteiger partial charge in [-0.3, -0.25) is 14.6 Å². The van der Waals surface area contributed by atoms with Crippen molar-refractivity contribution < 1.29 is 14.0 Å². The van der Waals surface area contributed by atoms with Gasteiger partial charge in [-0.15, -0.1) is 0 Å². The molecule has 8 heteroatoms. The van der Waals surface area contributed by atoms with Crippen LogP contribution in [0.4, 0.5) is 10.1 Å². The van der Waals surface area contributed by atoms with Crippen molar-refractivity contribution >= 4 is 28.4 Å². The van der Waals surface area contributed by atoms with Crippen molar-refractivity contribution in [1.82, 2.24) is 14.8 Å². The van der Waals surface area contributed by atoms with E-state index in [1.165, 1.54) is 12.1 Å². The normalized spacial score (nSPS) is 22.5. The Morgan fingerprint density at radius 1 is 1.18 bits per heavy atom. The maximum Gasteiger partial charge on any atom is 0.257 e. The molecule has 1 atom stereocenters. The van der Waals surface area contributed by atoms with Gasteiger partial charge in [0.2, 0.25) is 5.91 Å². The highest BCUT2D eigenvalue weighted by atomic mass is 19.1. The number of carbonyl (C=O) groups is 2. The number of piperazine rings is 1. The summed E-state index contributed by atoms with van der Waals surface area (Å²) in [6, 6.07) is 6.82. The number of carbonyl (C=O) groups excluding carboxylic acids is 2. The van der Waals surface area contributed by atoms with Gasteiger partial charge in [-0.1, -0.05) is 0 Å². The molecule has 2 aliphatic heterocycles. The summed E-state index contributed by atoms with van der Waals surface area (Å²) in [6.07, 6.45) is 4.88. The van der Waals surface area contributed by atoms with Crippen LogP contribution in [0.15, 0.2) is 24.4 Å². The number of hydrogen-bond donors (Lipinski definition) is 0. The van der Waals surface area contributed by atoms with E-state index in [4.69, 9.17) is 0 Å². The van der Waals surface area contributed by atoms with Crippen LogP contribution in [-0.2, 0) is 4.79 Å². The van der Waals surface area contributed by atoms with E-state index in [0.29, 0.717) is 67.7 Å². The molecule has 34 heavy (non-hydrogen) atoms. The lowest BCUT2D eigenvalue weighted by atomic mass is 9.81. The van der Waals surface area contributed by atoms with Crippen LogP contribution in [-0.4, -0.2) is 65.4 Å². The minimum Gasteiger partial charge on any atom is -0.370 e. The monoisotopic (exact) mass is 463 g/mol. The average molecular weight is 464 g/mol. The van der Waals surface area contributed by atoms with E-state index in [2.05, 4.69) is 16.0 Å². The number of piperidine rings is 1. The molecule has 5 rings (SSSR count). The molecule has 0 bridgehead atoms. The highest BCUT2D eigenvalue weighted by Crippen LogP contribution is 2.38. The summed E-state index contributed by atoms with van der Waals surface area (Å²) in [5, 5.41) is 10.1. The molecule has 2 saturated heterocycles. The van der Waals surface area contributed by atoms with E-state index in [1.54, 1.807) is 17.2 Å². The van der Waals surface area contributed by atoms with Crippen molar-refractivity contribution in [2.45, 2.75) is 45.6 Å². The fraction of sp³-hybridized carbons (Fsp3) is 0.538. The van der Waals surface area contributed by atoms with Gasteiger partial charge in [-0.05, 0) is 57.7 Å². The van der Waals surface area contributed by atoms with E-state index in [-0.39, 0.29) is 29.6 Å². The van der Waals surface area contributed by atoms with Crippen molar-refractivity contribution in [2.24, 2.45) is 11.3 Å². The molecule has 0 spiro atoms. The summed E-state index contributed by atoms with van der Waals surface area (Å²) in [4.78, 5) is 36.6. The number of aromatic nitrogens is 1. The van der Waals surface area contributed by atoms with Crippen LogP contribution >= 0.6 is 0 Å². The third kappa shape index (κ3) is 4.08. The highest BCUT2D eigenvalue weighted by molar-refractivity contribution is 6.07. The molecule has 7 nitrogen and oxygen atoms in total. The number of fused-ring (bicyclic) bond motifs is 1. The zero-order valence-electron chi connectivity index (χ0n) is 19.8. The smallest absolute Gasteiger partial charge is 0.257 e. The summed E-state index contributed by atoms with van der Waals surface area (Å²) in [5.74, 6) is -0.154. The molecule has 2 amide bonds. The van der Waals surface area contributed by atoms with E-state index >= 15 is 0 Å². The summed E-state index contributed by atoms with van der Waals surface area (Å²) in [6.45, 7) is 6.63. The zero-order valence-corrected chi connectivity index (χ0v) is 19.8. The number of anilines is 1. The van der Waals surface area contributed by atoms with Crippen LogP contribution in [0.1, 0.15) is 49.9 Å².